The Morgan fingerprint density at radius 1 is 1.15 bits per heavy atom. The van der Waals surface area contributed by atoms with Crippen molar-refractivity contribution in [2.45, 2.75) is 62.9 Å². The number of nitrogens with zero attached hydrogens (tertiary/aromatic N) is 3. The fraction of sp³-hybridized carbons (Fsp3) is 0.524. The van der Waals surface area contributed by atoms with E-state index in [4.69, 9.17) is 4.98 Å². The predicted molar refractivity (Wildman–Crippen MR) is 108 cm³/mol. The third-order valence-electron chi connectivity index (χ3n) is 5.27. The van der Waals surface area contributed by atoms with Gasteiger partial charge in [-0.3, -0.25) is 4.79 Å². The van der Waals surface area contributed by atoms with Gasteiger partial charge in [-0.1, -0.05) is 43.2 Å². The van der Waals surface area contributed by atoms with E-state index >= 15 is 0 Å². The van der Waals surface area contributed by atoms with Crippen LogP contribution >= 0.6 is 11.8 Å². The zero-order valence-electron chi connectivity index (χ0n) is 16.3. The SMILES string of the molecule is Cc1nc(SCc2ccc(C(=O)N(C)C)cc2)n(C2CCCCC2)c1C. The molecule has 1 aliphatic carbocycles. The Morgan fingerprint density at radius 3 is 2.42 bits per heavy atom. The number of hydrogen-bond acceptors (Lipinski definition) is 3. The van der Waals surface area contributed by atoms with Crippen molar-refractivity contribution in [3.05, 3.63) is 46.8 Å². The molecule has 1 fully saturated rings. The van der Waals surface area contributed by atoms with Crippen molar-refractivity contribution >= 4 is 17.7 Å². The van der Waals surface area contributed by atoms with Crippen LogP contribution in [0, 0.1) is 13.8 Å². The van der Waals surface area contributed by atoms with Crippen molar-refractivity contribution in [2.75, 3.05) is 14.1 Å². The molecule has 0 spiro atoms. The van der Waals surface area contributed by atoms with Gasteiger partial charge in [0, 0.05) is 37.1 Å². The second-order valence-corrected chi connectivity index (χ2v) is 8.35. The molecular weight excluding hydrogens is 342 g/mol. The molecule has 1 aliphatic rings. The Morgan fingerprint density at radius 2 is 1.81 bits per heavy atom. The minimum atomic E-state index is 0.0447. The summed E-state index contributed by atoms with van der Waals surface area (Å²) in [6.45, 7) is 4.31. The first kappa shape index (κ1) is 19.0. The second kappa shape index (κ2) is 8.30. The average molecular weight is 372 g/mol. The van der Waals surface area contributed by atoms with Gasteiger partial charge in [-0.05, 0) is 44.4 Å². The molecule has 0 aliphatic heterocycles. The summed E-state index contributed by atoms with van der Waals surface area (Å²) in [5, 5.41) is 1.14. The van der Waals surface area contributed by atoms with Gasteiger partial charge in [0.15, 0.2) is 5.16 Å². The van der Waals surface area contributed by atoms with Crippen LogP contribution in [0.5, 0.6) is 0 Å². The lowest BCUT2D eigenvalue weighted by atomic mass is 9.95. The van der Waals surface area contributed by atoms with Gasteiger partial charge in [-0.2, -0.15) is 0 Å². The Hall–Kier alpha value is -1.75. The molecule has 0 unspecified atom stereocenters. The van der Waals surface area contributed by atoms with Crippen LogP contribution in [0.4, 0.5) is 0 Å². The molecule has 1 aromatic carbocycles. The summed E-state index contributed by atoms with van der Waals surface area (Å²) in [7, 11) is 3.56. The number of benzene rings is 1. The summed E-state index contributed by atoms with van der Waals surface area (Å²) in [6.07, 6.45) is 6.56. The molecule has 5 heteroatoms. The number of rotatable bonds is 5. The normalized spacial score (nSPS) is 15.2. The number of amides is 1. The van der Waals surface area contributed by atoms with Crippen LogP contribution in [0.25, 0.3) is 0 Å². The third-order valence-corrected chi connectivity index (χ3v) is 6.29. The van der Waals surface area contributed by atoms with Crippen molar-refractivity contribution in [1.29, 1.82) is 0 Å². The lowest BCUT2D eigenvalue weighted by Gasteiger charge is -2.26. The Kier molecular flexibility index (Phi) is 6.07. The molecule has 0 saturated heterocycles. The van der Waals surface area contributed by atoms with Crippen LogP contribution in [0.15, 0.2) is 29.4 Å². The van der Waals surface area contributed by atoms with Crippen molar-refractivity contribution in [3.63, 3.8) is 0 Å². The minimum absolute atomic E-state index is 0.0447. The molecule has 3 rings (SSSR count). The number of imidazole rings is 1. The van der Waals surface area contributed by atoms with Crippen LogP contribution in [0.1, 0.15) is 65.5 Å². The molecule has 2 aromatic rings. The number of aromatic nitrogens is 2. The zero-order chi connectivity index (χ0) is 18.7. The van der Waals surface area contributed by atoms with Gasteiger partial charge in [0.2, 0.25) is 0 Å². The predicted octanol–water partition coefficient (Wildman–Crippen LogP) is 5.00. The number of carbonyl (C=O) groups is 1. The highest BCUT2D eigenvalue weighted by Crippen LogP contribution is 2.35. The van der Waals surface area contributed by atoms with Gasteiger partial charge in [-0.15, -0.1) is 0 Å². The lowest BCUT2D eigenvalue weighted by molar-refractivity contribution is 0.0827. The van der Waals surface area contributed by atoms with Crippen LogP contribution in [0.3, 0.4) is 0 Å². The largest absolute Gasteiger partial charge is 0.345 e. The van der Waals surface area contributed by atoms with Gasteiger partial charge in [0.25, 0.3) is 5.91 Å². The number of aryl methyl sites for hydroxylation is 1. The molecule has 0 atom stereocenters. The summed E-state index contributed by atoms with van der Waals surface area (Å²) in [5.74, 6) is 0.919. The maximum atomic E-state index is 12.0. The van der Waals surface area contributed by atoms with Crippen LogP contribution in [-0.2, 0) is 5.75 Å². The van der Waals surface area contributed by atoms with E-state index in [0.29, 0.717) is 6.04 Å². The summed E-state index contributed by atoms with van der Waals surface area (Å²) < 4.78 is 2.48. The highest BCUT2D eigenvalue weighted by Gasteiger charge is 2.22. The molecule has 1 amide bonds. The highest BCUT2D eigenvalue weighted by molar-refractivity contribution is 7.98. The fourth-order valence-electron chi connectivity index (χ4n) is 3.62. The Bertz CT molecular complexity index is 758. The van der Waals surface area contributed by atoms with E-state index in [-0.39, 0.29) is 5.91 Å². The van der Waals surface area contributed by atoms with Crippen molar-refractivity contribution < 1.29 is 4.79 Å². The van der Waals surface area contributed by atoms with Gasteiger partial charge >= 0.3 is 0 Å². The summed E-state index contributed by atoms with van der Waals surface area (Å²) in [4.78, 5) is 18.4. The standard InChI is InChI=1S/C21H29N3OS/c1-15-16(2)24(19-8-6-5-7-9-19)21(22-15)26-14-17-10-12-18(13-11-17)20(25)23(3)4/h10-13,19H,5-9,14H2,1-4H3. The summed E-state index contributed by atoms with van der Waals surface area (Å²) >= 11 is 1.81. The number of carbonyl (C=O) groups excluding carboxylic acids is 1. The fourth-order valence-corrected chi connectivity index (χ4v) is 4.73. The lowest BCUT2D eigenvalue weighted by Crippen LogP contribution is -2.21. The first-order valence-corrected chi connectivity index (χ1v) is 10.4. The molecule has 0 radical (unpaired) electrons. The Labute approximate surface area is 161 Å². The molecule has 0 bridgehead atoms. The van der Waals surface area contributed by atoms with Gasteiger partial charge < -0.3 is 9.47 Å². The van der Waals surface area contributed by atoms with E-state index in [0.717, 1.165) is 22.2 Å². The molecule has 0 N–H and O–H groups in total. The van der Waals surface area contributed by atoms with E-state index in [1.807, 2.05) is 12.1 Å². The van der Waals surface area contributed by atoms with E-state index in [1.54, 1.807) is 30.8 Å². The monoisotopic (exact) mass is 371 g/mol. The Balaban J connectivity index is 1.71. The van der Waals surface area contributed by atoms with Crippen molar-refractivity contribution in [1.82, 2.24) is 14.5 Å². The number of thioether (sulfide) groups is 1. The first-order valence-electron chi connectivity index (χ1n) is 9.46. The molecule has 26 heavy (non-hydrogen) atoms. The van der Waals surface area contributed by atoms with Gasteiger partial charge in [-0.25, -0.2) is 4.98 Å². The van der Waals surface area contributed by atoms with Crippen LogP contribution in [-0.4, -0.2) is 34.5 Å². The topological polar surface area (TPSA) is 38.1 Å². The van der Waals surface area contributed by atoms with Gasteiger partial charge in [0.1, 0.15) is 0 Å². The molecule has 140 valence electrons. The van der Waals surface area contributed by atoms with Gasteiger partial charge in [0.05, 0.1) is 5.69 Å². The molecule has 4 nitrogen and oxygen atoms in total. The maximum absolute atomic E-state index is 12.0. The van der Waals surface area contributed by atoms with Crippen LogP contribution < -0.4 is 0 Å². The van der Waals surface area contributed by atoms with Crippen LogP contribution in [0.2, 0.25) is 0 Å². The zero-order valence-corrected chi connectivity index (χ0v) is 17.1. The first-order chi connectivity index (χ1) is 12.5. The maximum Gasteiger partial charge on any atom is 0.253 e. The van der Waals surface area contributed by atoms with E-state index in [9.17, 15) is 4.79 Å². The molecule has 1 aromatic heterocycles. The van der Waals surface area contributed by atoms with Crippen molar-refractivity contribution in [2.24, 2.45) is 0 Å². The third kappa shape index (κ3) is 4.14. The second-order valence-electron chi connectivity index (χ2n) is 7.41. The average Bonchev–Trinajstić information content (AvgIpc) is 2.94. The summed E-state index contributed by atoms with van der Waals surface area (Å²) in [5.41, 5.74) is 4.41. The molecular formula is C21H29N3OS. The summed E-state index contributed by atoms with van der Waals surface area (Å²) in [6, 6.07) is 8.55. The number of hydrogen-bond donors (Lipinski definition) is 0. The minimum Gasteiger partial charge on any atom is -0.345 e. The van der Waals surface area contributed by atoms with E-state index in [2.05, 4.69) is 30.5 Å². The molecule has 1 heterocycles. The molecule has 1 saturated carbocycles. The van der Waals surface area contributed by atoms with Crippen molar-refractivity contribution in [3.8, 4) is 0 Å². The smallest absolute Gasteiger partial charge is 0.253 e. The van der Waals surface area contributed by atoms with E-state index in [1.165, 1.54) is 43.4 Å². The van der Waals surface area contributed by atoms with E-state index < -0.39 is 0 Å². The quantitative estimate of drug-likeness (QED) is 0.694. The highest BCUT2D eigenvalue weighted by atomic mass is 32.2.